The van der Waals surface area contributed by atoms with Gasteiger partial charge in [0.05, 0.1) is 11.4 Å². The highest BCUT2D eigenvalue weighted by molar-refractivity contribution is 8.76. The quantitative estimate of drug-likeness (QED) is 0.309. The molecule has 164 valence electrons. The van der Waals surface area contributed by atoms with Crippen molar-refractivity contribution in [3.8, 4) is 11.3 Å². The van der Waals surface area contributed by atoms with E-state index in [0.717, 1.165) is 23.4 Å². The molecular formula is C22H26N4O2S3. The van der Waals surface area contributed by atoms with Crippen LogP contribution in [0.5, 0.6) is 0 Å². The van der Waals surface area contributed by atoms with Crippen molar-refractivity contribution in [1.29, 1.82) is 0 Å². The molecule has 0 spiro atoms. The first-order valence-electron chi connectivity index (χ1n) is 9.81. The number of aromatic nitrogens is 3. The predicted molar refractivity (Wildman–Crippen MR) is 132 cm³/mol. The van der Waals surface area contributed by atoms with Crippen LogP contribution in [-0.4, -0.2) is 37.2 Å². The van der Waals surface area contributed by atoms with Gasteiger partial charge in [-0.25, -0.2) is 9.97 Å². The van der Waals surface area contributed by atoms with E-state index in [1.165, 1.54) is 11.3 Å². The molecule has 1 N–H and O–H groups in total. The fraction of sp³-hybridized carbons (Fsp3) is 0.364. The lowest BCUT2D eigenvalue weighted by atomic mass is 10.1. The van der Waals surface area contributed by atoms with Crippen molar-refractivity contribution in [2.24, 2.45) is 7.05 Å². The van der Waals surface area contributed by atoms with Crippen LogP contribution in [-0.2, 0) is 7.05 Å². The molecule has 3 rings (SSSR count). The number of imidazole rings is 1. The summed E-state index contributed by atoms with van der Waals surface area (Å²) in [5, 5.41) is 5.30. The van der Waals surface area contributed by atoms with Crippen LogP contribution in [0.25, 0.3) is 11.3 Å². The molecule has 2 heterocycles. The van der Waals surface area contributed by atoms with E-state index in [2.05, 4.69) is 35.4 Å². The van der Waals surface area contributed by atoms with Crippen LogP contribution in [0.3, 0.4) is 0 Å². The number of rotatable bonds is 9. The average molecular weight is 475 g/mol. The number of thiazole rings is 1. The van der Waals surface area contributed by atoms with Crippen molar-refractivity contribution in [1.82, 2.24) is 14.5 Å². The molecule has 9 heteroatoms. The second kappa shape index (κ2) is 10.0. The van der Waals surface area contributed by atoms with Gasteiger partial charge >= 0.3 is 0 Å². The van der Waals surface area contributed by atoms with Crippen LogP contribution in [0.4, 0.5) is 5.69 Å². The van der Waals surface area contributed by atoms with Gasteiger partial charge in [-0.15, -0.1) is 11.3 Å². The average Bonchev–Trinajstić information content (AvgIpc) is 3.33. The summed E-state index contributed by atoms with van der Waals surface area (Å²) in [7, 11) is 5.31. The first kappa shape index (κ1) is 23.6. The Morgan fingerprint density at radius 1 is 1.19 bits per heavy atom. The van der Waals surface area contributed by atoms with Crippen molar-refractivity contribution >= 4 is 50.3 Å². The minimum atomic E-state index is -0.257. The molecular weight excluding hydrogens is 448 g/mol. The maximum atomic E-state index is 12.6. The number of nitrogens with one attached hydrogen (secondary N) is 1. The van der Waals surface area contributed by atoms with Crippen LogP contribution in [0, 0.1) is 6.92 Å². The molecule has 31 heavy (non-hydrogen) atoms. The van der Waals surface area contributed by atoms with Crippen molar-refractivity contribution in [3.63, 3.8) is 0 Å². The zero-order valence-corrected chi connectivity index (χ0v) is 20.7. The third-order valence-electron chi connectivity index (χ3n) is 4.64. The lowest BCUT2D eigenvalue weighted by molar-refractivity contribution is 0.0975. The van der Waals surface area contributed by atoms with Crippen LogP contribution < -0.4 is 5.32 Å². The molecule has 0 aliphatic rings. The summed E-state index contributed by atoms with van der Waals surface area (Å²) in [4.78, 5) is 33.7. The molecule has 0 atom stereocenters. The van der Waals surface area contributed by atoms with Gasteiger partial charge in [-0.05, 0) is 45.6 Å². The molecule has 0 saturated carbocycles. The maximum absolute atomic E-state index is 12.6. The van der Waals surface area contributed by atoms with Crippen LogP contribution in [0.1, 0.15) is 52.8 Å². The summed E-state index contributed by atoms with van der Waals surface area (Å²) in [6, 6.07) is 7.43. The van der Waals surface area contributed by atoms with E-state index in [-0.39, 0.29) is 16.4 Å². The molecule has 0 aliphatic carbocycles. The number of nitrogens with zero attached hydrogens (tertiary/aromatic N) is 3. The second-order valence-corrected chi connectivity index (χ2v) is 11.8. The Bertz CT molecular complexity index is 1070. The number of hydrogen-bond acceptors (Lipinski definition) is 7. The maximum Gasteiger partial charge on any atom is 0.291 e. The Kier molecular flexibility index (Phi) is 7.61. The van der Waals surface area contributed by atoms with Gasteiger partial charge in [-0.2, -0.15) is 0 Å². The third kappa shape index (κ3) is 6.21. The molecule has 0 radical (unpaired) electrons. The number of aryl methyl sites for hydroxylation is 2. The Hall–Kier alpha value is -2.10. The largest absolute Gasteiger partial charge is 0.330 e. The van der Waals surface area contributed by atoms with E-state index in [0.29, 0.717) is 22.9 Å². The zero-order chi connectivity index (χ0) is 22.6. The zero-order valence-electron chi connectivity index (χ0n) is 18.3. The highest BCUT2D eigenvalue weighted by Crippen LogP contribution is 2.37. The molecule has 1 amide bonds. The van der Waals surface area contributed by atoms with E-state index < -0.39 is 0 Å². The predicted octanol–water partition coefficient (Wildman–Crippen LogP) is 5.86. The standard InChI is InChI=1S/C22H26N4O2S3/c1-14-12-26(4)19(23-14)20(28)24-16-8-6-15(7-9-16)17-13-30-21(25-17)18(27)10-11-22(2,3)31-29-5/h6-9,12-13H,10-11H2,1-5H3,(H,24,28). The molecule has 0 fully saturated rings. The molecule has 0 aliphatic heterocycles. The van der Waals surface area contributed by atoms with Gasteiger partial charge in [0.15, 0.2) is 16.6 Å². The van der Waals surface area contributed by atoms with E-state index in [1.807, 2.05) is 42.8 Å². The van der Waals surface area contributed by atoms with Crippen LogP contribution in [0.2, 0.25) is 0 Å². The highest BCUT2D eigenvalue weighted by atomic mass is 33.1. The Morgan fingerprint density at radius 3 is 2.52 bits per heavy atom. The number of benzene rings is 1. The monoisotopic (exact) mass is 474 g/mol. The summed E-state index contributed by atoms with van der Waals surface area (Å²) in [5.41, 5.74) is 3.14. The number of ketones is 1. The van der Waals surface area contributed by atoms with Crippen LogP contribution in [0.15, 0.2) is 35.8 Å². The minimum absolute atomic E-state index is 0.0586. The fourth-order valence-electron chi connectivity index (χ4n) is 3.06. The minimum Gasteiger partial charge on any atom is -0.330 e. The molecule has 1 aromatic carbocycles. The molecule has 6 nitrogen and oxygen atoms in total. The molecule has 3 aromatic rings. The smallest absolute Gasteiger partial charge is 0.291 e. The summed E-state index contributed by atoms with van der Waals surface area (Å²) >= 11 is 1.38. The molecule has 0 bridgehead atoms. The summed E-state index contributed by atoms with van der Waals surface area (Å²) in [6.45, 7) is 6.16. The Balaban J connectivity index is 1.63. The summed E-state index contributed by atoms with van der Waals surface area (Å²) in [5.74, 6) is 0.191. The highest BCUT2D eigenvalue weighted by Gasteiger charge is 2.21. The topological polar surface area (TPSA) is 76.9 Å². The SMILES string of the molecule is CSSC(C)(C)CCC(=O)c1nc(-c2ccc(NC(=O)c3nc(C)cn3C)cc2)cs1. The van der Waals surface area contributed by atoms with Crippen molar-refractivity contribution in [2.75, 3.05) is 11.6 Å². The van der Waals surface area contributed by atoms with E-state index in [9.17, 15) is 9.59 Å². The lowest BCUT2D eigenvalue weighted by Gasteiger charge is -2.21. The van der Waals surface area contributed by atoms with E-state index >= 15 is 0 Å². The molecule has 0 unspecified atom stereocenters. The number of anilines is 1. The number of carbonyl (C=O) groups excluding carboxylic acids is 2. The lowest BCUT2D eigenvalue weighted by Crippen LogP contribution is -2.16. The van der Waals surface area contributed by atoms with Gasteiger partial charge in [0.2, 0.25) is 0 Å². The van der Waals surface area contributed by atoms with Gasteiger partial charge in [-0.3, -0.25) is 9.59 Å². The number of Topliss-reactive ketones (excluding diaryl/α,β-unsaturated/α-hetero) is 1. The Labute approximate surface area is 194 Å². The second-order valence-electron chi connectivity index (χ2n) is 7.82. The number of amides is 1. The van der Waals surface area contributed by atoms with Gasteiger partial charge in [0.25, 0.3) is 5.91 Å². The van der Waals surface area contributed by atoms with Gasteiger partial charge in [-0.1, -0.05) is 33.7 Å². The van der Waals surface area contributed by atoms with E-state index in [4.69, 9.17) is 0 Å². The van der Waals surface area contributed by atoms with E-state index in [1.54, 1.807) is 33.2 Å². The first-order chi connectivity index (χ1) is 14.7. The van der Waals surface area contributed by atoms with Crippen molar-refractivity contribution in [2.45, 2.75) is 38.4 Å². The summed E-state index contributed by atoms with van der Waals surface area (Å²) in [6.07, 6.45) is 5.17. The fourth-order valence-corrected chi connectivity index (χ4v) is 6.10. The van der Waals surface area contributed by atoms with Gasteiger partial charge < -0.3 is 9.88 Å². The summed E-state index contributed by atoms with van der Waals surface area (Å²) < 4.78 is 1.76. The number of hydrogen-bond donors (Lipinski definition) is 1. The molecule has 2 aromatic heterocycles. The Morgan fingerprint density at radius 2 is 1.90 bits per heavy atom. The van der Waals surface area contributed by atoms with Crippen molar-refractivity contribution < 1.29 is 9.59 Å². The van der Waals surface area contributed by atoms with Gasteiger partial charge in [0.1, 0.15) is 0 Å². The van der Waals surface area contributed by atoms with Crippen molar-refractivity contribution in [3.05, 3.63) is 52.4 Å². The first-order valence-corrected chi connectivity index (χ1v) is 13.2. The van der Waals surface area contributed by atoms with Gasteiger partial charge in [0, 0.05) is 41.0 Å². The third-order valence-corrected chi connectivity index (χ3v) is 8.20. The number of carbonyl (C=O) groups is 2. The van der Waals surface area contributed by atoms with Crippen LogP contribution >= 0.6 is 32.9 Å². The normalized spacial score (nSPS) is 11.5. The molecule has 0 saturated heterocycles.